The molecule has 1 heterocycles. The molecule has 3 aromatic rings. The number of hydrogen-bond acceptors (Lipinski definition) is 5. The van der Waals surface area contributed by atoms with E-state index in [0.717, 1.165) is 29.1 Å². The molecule has 8 heteroatoms. The predicted molar refractivity (Wildman–Crippen MR) is 124 cm³/mol. The Kier molecular flexibility index (Phi) is 7.83. The van der Waals surface area contributed by atoms with Crippen LogP contribution in [0.3, 0.4) is 0 Å². The highest BCUT2D eigenvalue weighted by molar-refractivity contribution is 7.99. The fourth-order valence-electron chi connectivity index (χ4n) is 3.13. The van der Waals surface area contributed by atoms with Crippen LogP contribution in [0.1, 0.15) is 18.9 Å². The third-order valence-electron chi connectivity index (χ3n) is 4.79. The minimum Gasteiger partial charge on any atom is -0.333 e. The zero-order valence-electron chi connectivity index (χ0n) is 18.0. The molecular formula is C23H27N5O2S. The van der Waals surface area contributed by atoms with Gasteiger partial charge in [0.05, 0.1) is 12.3 Å². The number of aryl methyl sites for hydroxylation is 1. The van der Waals surface area contributed by atoms with Crippen LogP contribution < -0.4 is 5.32 Å². The van der Waals surface area contributed by atoms with E-state index in [1.165, 1.54) is 11.8 Å². The molecule has 2 amide bonds. The lowest BCUT2D eigenvalue weighted by Crippen LogP contribution is -2.39. The number of carbonyl (C=O) groups is 2. The Hall–Kier alpha value is -3.13. The van der Waals surface area contributed by atoms with Crippen molar-refractivity contribution in [3.63, 3.8) is 0 Å². The summed E-state index contributed by atoms with van der Waals surface area (Å²) in [5.74, 6) is 0.638. The molecule has 0 unspecified atom stereocenters. The molecule has 1 aromatic heterocycles. The maximum atomic E-state index is 12.8. The van der Waals surface area contributed by atoms with E-state index in [2.05, 4.69) is 15.5 Å². The number of nitrogens with one attached hydrogen (secondary N) is 1. The summed E-state index contributed by atoms with van der Waals surface area (Å²) >= 11 is 1.32. The average molecular weight is 438 g/mol. The summed E-state index contributed by atoms with van der Waals surface area (Å²) in [5, 5.41) is 12.0. The van der Waals surface area contributed by atoms with E-state index >= 15 is 0 Å². The van der Waals surface area contributed by atoms with Gasteiger partial charge in [0.25, 0.3) is 0 Å². The number of aromatic nitrogens is 3. The molecule has 0 spiro atoms. The smallest absolute Gasteiger partial charge is 0.244 e. The second-order valence-corrected chi connectivity index (χ2v) is 8.14. The number of carbonyl (C=O) groups excluding carboxylic acids is 2. The van der Waals surface area contributed by atoms with Crippen LogP contribution in [-0.2, 0) is 16.6 Å². The second kappa shape index (κ2) is 10.8. The van der Waals surface area contributed by atoms with Crippen LogP contribution in [0.15, 0.2) is 59.8 Å². The van der Waals surface area contributed by atoms with Crippen molar-refractivity contribution in [1.82, 2.24) is 19.7 Å². The van der Waals surface area contributed by atoms with Crippen LogP contribution in [0.25, 0.3) is 11.4 Å². The average Bonchev–Trinajstić information content (AvgIpc) is 3.14. The van der Waals surface area contributed by atoms with Gasteiger partial charge in [-0.1, -0.05) is 67.2 Å². The Balaban J connectivity index is 1.60. The monoisotopic (exact) mass is 437 g/mol. The van der Waals surface area contributed by atoms with E-state index in [1.54, 1.807) is 4.90 Å². The molecule has 162 valence electrons. The van der Waals surface area contributed by atoms with Gasteiger partial charge in [-0.05, 0) is 25.0 Å². The molecule has 0 aliphatic rings. The fraction of sp³-hybridized carbons (Fsp3) is 0.304. The van der Waals surface area contributed by atoms with Crippen LogP contribution in [0, 0.1) is 6.92 Å². The van der Waals surface area contributed by atoms with Gasteiger partial charge in [-0.2, -0.15) is 0 Å². The maximum Gasteiger partial charge on any atom is 0.244 e. The van der Waals surface area contributed by atoms with Gasteiger partial charge in [-0.3, -0.25) is 9.59 Å². The van der Waals surface area contributed by atoms with Crippen molar-refractivity contribution in [1.29, 1.82) is 0 Å². The highest BCUT2D eigenvalue weighted by Crippen LogP contribution is 2.22. The number of rotatable bonds is 9. The maximum absolute atomic E-state index is 12.8. The quantitative estimate of drug-likeness (QED) is 0.516. The third-order valence-corrected chi connectivity index (χ3v) is 5.80. The molecule has 3 rings (SSSR count). The van der Waals surface area contributed by atoms with Gasteiger partial charge < -0.3 is 14.8 Å². The van der Waals surface area contributed by atoms with E-state index in [0.29, 0.717) is 11.7 Å². The number of nitrogens with zero attached hydrogens (tertiary/aromatic N) is 4. The van der Waals surface area contributed by atoms with Crippen molar-refractivity contribution in [2.24, 2.45) is 7.05 Å². The molecule has 0 radical (unpaired) electrons. The highest BCUT2D eigenvalue weighted by atomic mass is 32.2. The molecule has 0 atom stereocenters. The lowest BCUT2D eigenvalue weighted by molar-refractivity contribution is -0.132. The van der Waals surface area contributed by atoms with Crippen LogP contribution in [0.5, 0.6) is 0 Å². The Morgan fingerprint density at radius 3 is 2.48 bits per heavy atom. The van der Waals surface area contributed by atoms with Gasteiger partial charge in [0, 0.05) is 24.8 Å². The zero-order valence-corrected chi connectivity index (χ0v) is 18.9. The summed E-state index contributed by atoms with van der Waals surface area (Å²) in [6.07, 6.45) is 0.774. The Morgan fingerprint density at radius 2 is 1.77 bits per heavy atom. The van der Waals surface area contributed by atoms with E-state index < -0.39 is 0 Å². The van der Waals surface area contributed by atoms with Gasteiger partial charge >= 0.3 is 0 Å². The number of benzene rings is 2. The first-order valence-corrected chi connectivity index (χ1v) is 11.2. The summed E-state index contributed by atoms with van der Waals surface area (Å²) < 4.78 is 1.88. The van der Waals surface area contributed by atoms with Crippen LogP contribution in [0.4, 0.5) is 5.69 Å². The van der Waals surface area contributed by atoms with Crippen molar-refractivity contribution in [2.45, 2.75) is 25.4 Å². The van der Waals surface area contributed by atoms with E-state index in [-0.39, 0.29) is 24.1 Å². The summed E-state index contributed by atoms with van der Waals surface area (Å²) in [5.41, 5.74) is 2.71. The first-order chi connectivity index (χ1) is 15.0. The molecule has 0 bridgehead atoms. The van der Waals surface area contributed by atoms with E-state index in [4.69, 9.17) is 0 Å². The number of hydrogen-bond donors (Lipinski definition) is 1. The number of thioether (sulfide) groups is 1. The summed E-state index contributed by atoms with van der Waals surface area (Å²) in [7, 11) is 1.88. The molecular weight excluding hydrogens is 410 g/mol. The minimum absolute atomic E-state index is 0.0235. The normalized spacial score (nSPS) is 10.7. The largest absolute Gasteiger partial charge is 0.333 e. The van der Waals surface area contributed by atoms with Crippen molar-refractivity contribution in [2.75, 3.05) is 24.2 Å². The van der Waals surface area contributed by atoms with Gasteiger partial charge in [0.2, 0.25) is 11.8 Å². The first kappa shape index (κ1) is 22.6. The van der Waals surface area contributed by atoms with Gasteiger partial charge in [-0.25, -0.2) is 0 Å². The van der Waals surface area contributed by atoms with Crippen LogP contribution in [-0.4, -0.2) is 50.3 Å². The standard InChI is InChI=1S/C23H27N5O2S/c1-4-14-28(15-20(29)24-19-13-9-8-10-17(19)2)21(30)16-31-23-26-25-22(27(23)3)18-11-6-5-7-12-18/h5-13H,4,14-16H2,1-3H3,(H,24,29). The highest BCUT2D eigenvalue weighted by Gasteiger charge is 2.19. The van der Waals surface area contributed by atoms with Crippen LogP contribution >= 0.6 is 11.8 Å². The molecule has 0 saturated heterocycles. The molecule has 0 saturated carbocycles. The first-order valence-electron chi connectivity index (χ1n) is 10.2. The second-order valence-electron chi connectivity index (χ2n) is 7.20. The number of amides is 2. The number of para-hydroxylation sites is 1. The summed E-state index contributed by atoms with van der Waals surface area (Å²) in [6, 6.07) is 17.4. The van der Waals surface area contributed by atoms with Crippen molar-refractivity contribution in [3.05, 3.63) is 60.2 Å². The lowest BCUT2D eigenvalue weighted by Gasteiger charge is -2.21. The Morgan fingerprint density at radius 1 is 1.06 bits per heavy atom. The van der Waals surface area contributed by atoms with E-state index in [9.17, 15) is 9.59 Å². The third kappa shape index (κ3) is 5.95. The zero-order chi connectivity index (χ0) is 22.2. The van der Waals surface area contributed by atoms with Crippen molar-refractivity contribution < 1.29 is 9.59 Å². The number of anilines is 1. The minimum atomic E-state index is -0.203. The predicted octanol–water partition coefficient (Wildman–Crippen LogP) is 3.76. The van der Waals surface area contributed by atoms with Crippen molar-refractivity contribution in [3.8, 4) is 11.4 Å². The van der Waals surface area contributed by atoms with Gasteiger partial charge in [0.1, 0.15) is 0 Å². The molecule has 2 aromatic carbocycles. The van der Waals surface area contributed by atoms with Crippen molar-refractivity contribution >= 4 is 29.3 Å². The molecule has 0 fully saturated rings. The van der Waals surface area contributed by atoms with Gasteiger partial charge in [0.15, 0.2) is 11.0 Å². The molecule has 31 heavy (non-hydrogen) atoms. The fourth-order valence-corrected chi connectivity index (χ4v) is 3.95. The molecule has 1 N–H and O–H groups in total. The van der Waals surface area contributed by atoms with Crippen LogP contribution in [0.2, 0.25) is 0 Å². The topological polar surface area (TPSA) is 80.1 Å². The van der Waals surface area contributed by atoms with Gasteiger partial charge in [-0.15, -0.1) is 10.2 Å². The lowest BCUT2D eigenvalue weighted by atomic mass is 10.2. The summed E-state index contributed by atoms with van der Waals surface area (Å²) in [6.45, 7) is 4.47. The molecule has 0 aliphatic carbocycles. The Labute approximate surface area is 186 Å². The SMILES string of the molecule is CCCN(CC(=O)Nc1ccccc1C)C(=O)CSc1nnc(-c2ccccc2)n1C. The Bertz CT molecular complexity index is 1040. The van der Waals surface area contributed by atoms with E-state index in [1.807, 2.05) is 80.1 Å². The summed E-state index contributed by atoms with van der Waals surface area (Å²) in [4.78, 5) is 26.9. The molecule has 7 nitrogen and oxygen atoms in total. The molecule has 0 aliphatic heterocycles.